The number of anilines is 1. The number of ether oxygens (including phenoxy) is 1. The zero-order valence-electron chi connectivity index (χ0n) is 16.4. The van der Waals surface area contributed by atoms with Crippen LogP contribution in [0.25, 0.3) is 11.3 Å². The van der Waals surface area contributed by atoms with Crippen LogP contribution in [0.5, 0.6) is 0 Å². The SMILES string of the molecule is [CH2]c1cc(-c2ccccc2F)n(S(=O)(=O)c2cccc(N3CC4COCC4C3)c2)c1. The summed E-state index contributed by atoms with van der Waals surface area (Å²) in [6, 6.07) is 14.7. The lowest BCUT2D eigenvalue weighted by Gasteiger charge is -2.20. The van der Waals surface area contributed by atoms with Crippen molar-refractivity contribution in [2.45, 2.75) is 4.90 Å². The van der Waals surface area contributed by atoms with Crippen LogP contribution >= 0.6 is 0 Å². The lowest BCUT2D eigenvalue weighted by atomic mass is 10.0. The minimum absolute atomic E-state index is 0.168. The minimum Gasteiger partial charge on any atom is -0.381 e. The first-order chi connectivity index (χ1) is 14.4. The summed E-state index contributed by atoms with van der Waals surface area (Å²) in [7, 11) is -3.93. The van der Waals surface area contributed by atoms with E-state index in [2.05, 4.69) is 11.8 Å². The quantitative estimate of drug-likeness (QED) is 0.638. The molecule has 5 nitrogen and oxygen atoms in total. The van der Waals surface area contributed by atoms with Crippen molar-refractivity contribution in [2.75, 3.05) is 31.2 Å². The van der Waals surface area contributed by atoms with Gasteiger partial charge in [0.1, 0.15) is 5.82 Å². The molecule has 5 rings (SSSR count). The Bertz CT molecular complexity index is 1190. The molecule has 0 spiro atoms. The van der Waals surface area contributed by atoms with E-state index in [0.29, 0.717) is 17.4 Å². The highest BCUT2D eigenvalue weighted by atomic mass is 32.2. The molecule has 3 aromatic rings. The maximum atomic E-state index is 14.4. The molecule has 2 aliphatic heterocycles. The van der Waals surface area contributed by atoms with Crippen LogP contribution in [-0.4, -0.2) is 38.7 Å². The van der Waals surface area contributed by atoms with E-state index in [4.69, 9.17) is 4.74 Å². The molecule has 1 radical (unpaired) electrons. The summed E-state index contributed by atoms with van der Waals surface area (Å²) in [5.41, 5.74) is 1.86. The number of aromatic nitrogens is 1. The molecule has 30 heavy (non-hydrogen) atoms. The average molecular weight is 426 g/mol. The molecule has 7 heteroatoms. The lowest BCUT2D eigenvalue weighted by molar-refractivity contribution is 0.177. The first-order valence-electron chi connectivity index (χ1n) is 9.91. The fourth-order valence-electron chi connectivity index (χ4n) is 4.41. The Kier molecular flexibility index (Phi) is 4.67. The third kappa shape index (κ3) is 3.22. The van der Waals surface area contributed by atoms with Crippen LogP contribution in [0.1, 0.15) is 5.56 Å². The lowest BCUT2D eigenvalue weighted by Crippen LogP contribution is -2.22. The highest BCUT2D eigenvalue weighted by molar-refractivity contribution is 7.90. The van der Waals surface area contributed by atoms with E-state index in [1.54, 1.807) is 42.5 Å². The molecule has 3 heterocycles. The van der Waals surface area contributed by atoms with E-state index in [0.717, 1.165) is 36.0 Å². The van der Waals surface area contributed by atoms with Crippen molar-refractivity contribution in [2.24, 2.45) is 11.8 Å². The van der Waals surface area contributed by atoms with Gasteiger partial charge in [0.15, 0.2) is 0 Å². The van der Waals surface area contributed by atoms with Crippen molar-refractivity contribution in [3.8, 4) is 11.3 Å². The number of fused-ring (bicyclic) bond motifs is 1. The van der Waals surface area contributed by atoms with Crippen LogP contribution < -0.4 is 4.90 Å². The van der Waals surface area contributed by atoms with Crippen LogP contribution in [0.4, 0.5) is 10.1 Å². The molecule has 0 amide bonds. The first-order valence-corrected chi connectivity index (χ1v) is 11.3. The van der Waals surface area contributed by atoms with Gasteiger partial charge in [0.05, 0.1) is 23.8 Å². The summed E-state index contributed by atoms with van der Waals surface area (Å²) >= 11 is 0. The van der Waals surface area contributed by atoms with Crippen molar-refractivity contribution >= 4 is 15.7 Å². The van der Waals surface area contributed by atoms with Gasteiger partial charge in [0, 0.05) is 42.4 Å². The predicted octanol–water partition coefficient (Wildman–Crippen LogP) is 3.80. The molecule has 2 aliphatic rings. The topological polar surface area (TPSA) is 51.5 Å². The monoisotopic (exact) mass is 425 g/mol. The number of benzene rings is 2. The van der Waals surface area contributed by atoms with Crippen LogP contribution in [0.15, 0.2) is 65.7 Å². The molecule has 2 saturated heterocycles. The zero-order chi connectivity index (χ0) is 20.9. The predicted molar refractivity (Wildman–Crippen MR) is 113 cm³/mol. The first kappa shape index (κ1) is 19.3. The maximum Gasteiger partial charge on any atom is 0.268 e. The summed E-state index contributed by atoms with van der Waals surface area (Å²) in [5, 5.41) is 0. The fraction of sp³-hybridized carbons (Fsp3) is 0.261. The number of hydrogen-bond acceptors (Lipinski definition) is 4. The Morgan fingerprint density at radius 1 is 1.00 bits per heavy atom. The van der Waals surface area contributed by atoms with Crippen molar-refractivity contribution in [1.29, 1.82) is 0 Å². The molecule has 1 aromatic heterocycles. The molecule has 0 N–H and O–H groups in total. The molecule has 0 aliphatic carbocycles. The molecule has 155 valence electrons. The van der Waals surface area contributed by atoms with Crippen LogP contribution in [0.2, 0.25) is 0 Å². The van der Waals surface area contributed by atoms with Gasteiger partial charge in [-0.25, -0.2) is 16.8 Å². The average Bonchev–Trinajstić information content (AvgIpc) is 3.43. The van der Waals surface area contributed by atoms with Gasteiger partial charge in [-0.15, -0.1) is 0 Å². The summed E-state index contributed by atoms with van der Waals surface area (Å²) < 4.78 is 48.0. The molecule has 0 saturated carbocycles. The van der Waals surface area contributed by atoms with Crippen molar-refractivity contribution in [3.63, 3.8) is 0 Å². The third-order valence-corrected chi connectivity index (χ3v) is 7.64. The van der Waals surface area contributed by atoms with E-state index in [9.17, 15) is 12.8 Å². The summed E-state index contributed by atoms with van der Waals surface area (Å²) in [4.78, 5) is 2.39. The Labute approximate surface area is 175 Å². The largest absolute Gasteiger partial charge is 0.381 e. The molecule has 2 fully saturated rings. The normalized spacial score (nSPS) is 21.2. The molecule has 2 aromatic carbocycles. The Balaban J connectivity index is 1.53. The second-order valence-electron chi connectivity index (χ2n) is 7.97. The highest BCUT2D eigenvalue weighted by Crippen LogP contribution is 2.34. The molecule has 0 bridgehead atoms. The van der Waals surface area contributed by atoms with Gasteiger partial charge in [-0.1, -0.05) is 18.2 Å². The fourth-order valence-corrected chi connectivity index (χ4v) is 5.84. The van der Waals surface area contributed by atoms with E-state index in [1.165, 1.54) is 12.3 Å². The second-order valence-corrected chi connectivity index (χ2v) is 9.79. The van der Waals surface area contributed by atoms with Gasteiger partial charge in [-0.3, -0.25) is 0 Å². The van der Waals surface area contributed by atoms with Gasteiger partial charge in [-0.05, 0) is 48.9 Å². The number of halogens is 1. The Hall–Kier alpha value is -2.64. The van der Waals surface area contributed by atoms with Crippen molar-refractivity contribution in [3.05, 3.63) is 79.1 Å². The molecular formula is C23H22FN2O3S. The van der Waals surface area contributed by atoms with E-state index in [1.807, 2.05) is 6.07 Å². The molecule has 2 atom stereocenters. The van der Waals surface area contributed by atoms with Crippen LogP contribution in [0.3, 0.4) is 0 Å². The minimum atomic E-state index is -3.93. The molecular weight excluding hydrogens is 403 g/mol. The van der Waals surface area contributed by atoms with Crippen molar-refractivity contribution in [1.82, 2.24) is 3.97 Å². The van der Waals surface area contributed by atoms with Gasteiger partial charge in [0.25, 0.3) is 10.0 Å². The maximum absolute atomic E-state index is 14.4. The Morgan fingerprint density at radius 3 is 2.47 bits per heavy atom. The zero-order valence-corrected chi connectivity index (χ0v) is 17.2. The Morgan fingerprint density at radius 2 is 1.73 bits per heavy atom. The highest BCUT2D eigenvalue weighted by Gasteiger charge is 2.37. The number of hydrogen-bond donors (Lipinski definition) is 0. The van der Waals surface area contributed by atoms with Gasteiger partial charge in [-0.2, -0.15) is 0 Å². The summed E-state index contributed by atoms with van der Waals surface area (Å²) in [5.74, 6) is 0.513. The summed E-state index contributed by atoms with van der Waals surface area (Å²) in [6.45, 7) is 7.10. The summed E-state index contributed by atoms with van der Waals surface area (Å²) in [6.07, 6.45) is 1.43. The number of rotatable bonds is 4. The second kappa shape index (κ2) is 7.25. The molecule has 2 unspecified atom stereocenters. The number of nitrogens with zero attached hydrogens (tertiary/aromatic N) is 2. The van der Waals surface area contributed by atoms with Crippen molar-refractivity contribution < 1.29 is 17.5 Å². The standard InChI is InChI=1S/C23H22FN2O3S/c1-16-9-23(21-7-2-3-8-22(21)24)26(11-16)30(27,28)20-6-4-5-19(10-20)25-12-17-14-29-15-18(17)13-25/h2-11,17-18H,1,12-15H2. The van der Waals surface area contributed by atoms with Crippen LogP contribution in [0, 0.1) is 24.6 Å². The van der Waals surface area contributed by atoms with Crippen LogP contribution in [-0.2, 0) is 14.8 Å². The third-order valence-electron chi connectivity index (χ3n) is 5.97. The van der Waals surface area contributed by atoms with E-state index < -0.39 is 15.8 Å². The van der Waals surface area contributed by atoms with Gasteiger partial charge < -0.3 is 9.64 Å². The van der Waals surface area contributed by atoms with Gasteiger partial charge >= 0.3 is 0 Å². The van der Waals surface area contributed by atoms with Gasteiger partial charge in [0.2, 0.25) is 0 Å². The smallest absolute Gasteiger partial charge is 0.268 e. The van der Waals surface area contributed by atoms with E-state index in [-0.39, 0.29) is 16.2 Å². The van der Waals surface area contributed by atoms with E-state index >= 15 is 0 Å².